The largest absolute Gasteiger partial charge is 0.479 e. The molecule has 0 spiro atoms. The van der Waals surface area contributed by atoms with E-state index in [1.165, 1.54) is 0 Å². The molecule has 19 heavy (non-hydrogen) atoms. The number of ether oxygens (including phenoxy) is 1. The highest BCUT2D eigenvalue weighted by atomic mass is 79.9. The molecule has 1 amide bonds. The molecule has 1 atom stereocenters. The van der Waals surface area contributed by atoms with Gasteiger partial charge in [-0.2, -0.15) is 0 Å². The van der Waals surface area contributed by atoms with Gasteiger partial charge in [-0.15, -0.1) is 11.3 Å². The van der Waals surface area contributed by atoms with E-state index in [0.717, 1.165) is 11.3 Å². The Balaban J connectivity index is 2.85. The molecule has 1 aromatic rings. The smallest absolute Gasteiger partial charge is 0.408 e. The lowest BCUT2D eigenvalue weighted by atomic mass is 10.2. The summed E-state index contributed by atoms with van der Waals surface area (Å²) in [6.45, 7) is 5.09. The van der Waals surface area contributed by atoms with Gasteiger partial charge < -0.3 is 15.2 Å². The van der Waals surface area contributed by atoms with E-state index in [1.54, 1.807) is 26.8 Å². The quantitative estimate of drug-likeness (QED) is 0.848. The molecule has 0 radical (unpaired) electrons. The van der Waals surface area contributed by atoms with Crippen molar-refractivity contribution in [3.05, 3.63) is 19.8 Å². The minimum atomic E-state index is -1.19. The maximum absolute atomic E-state index is 11.6. The van der Waals surface area contributed by atoms with Gasteiger partial charge in [-0.25, -0.2) is 9.59 Å². The third-order valence-electron chi connectivity index (χ3n) is 1.86. The number of hydrogen-bond acceptors (Lipinski definition) is 4. The maximum Gasteiger partial charge on any atom is 0.408 e. The van der Waals surface area contributed by atoms with E-state index in [0.29, 0.717) is 13.7 Å². The Bertz CT molecular complexity index is 478. The SMILES string of the molecule is CC(C)(C)OC(=O)NC(C(=O)O)c1cc(Br)c(Cl)s1. The first-order valence-electron chi connectivity index (χ1n) is 5.27. The highest BCUT2D eigenvalue weighted by Gasteiger charge is 2.27. The normalized spacial score (nSPS) is 12.9. The Morgan fingerprint density at radius 3 is 2.47 bits per heavy atom. The van der Waals surface area contributed by atoms with Crippen molar-refractivity contribution < 1.29 is 19.4 Å². The highest BCUT2D eigenvalue weighted by molar-refractivity contribution is 9.10. The molecule has 0 saturated heterocycles. The topological polar surface area (TPSA) is 75.6 Å². The van der Waals surface area contributed by atoms with Crippen LogP contribution in [0.15, 0.2) is 10.5 Å². The lowest BCUT2D eigenvalue weighted by Crippen LogP contribution is -2.37. The number of rotatable bonds is 3. The number of carboxylic acid groups (broad SMARTS) is 1. The second-order valence-corrected chi connectivity index (χ2v) is 7.23. The molecule has 2 N–H and O–H groups in total. The summed E-state index contributed by atoms with van der Waals surface area (Å²) in [5.74, 6) is -1.18. The fourth-order valence-corrected chi connectivity index (χ4v) is 2.97. The minimum absolute atomic E-state index is 0.412. The van der Waals surface area contributed by atoms with Gasteiger partial charge in [0, 0.05) is 9.35 Å². The molecule has 1 aromatic heterocycles. The van der Waals surface area contributed by atoms with Crippen molar-refractivity contribution in [3.8, 4) is 0 Å². The van der Waals surface area contributed by atoms with Gasteiger partial charge in [0.15, 0.2) is 6.04 Å². The van der Waals surface area contributed by atoms with Gasteiger partial charge >= 0.3 is 12.1 Å². The summed E-state index contributed by atoms with van der Waals surface area (Å²) >= 11 is 10.1. The number of hydrogen-bond donors (Lipinski definition) is 2. The number of carbonyl (C=O) groups excluding carboxylic acids is 1. The second kappa shape index (κ2) is 6.11. The Hall–Kier alpha value is -0.790. The van der Waals surface area contributed by atoms with E-state index in [9.17, 15) is 9.59 Å². The van der Waals surface area contributed by atoms with Crippen molar-refractivity contribution in [3.63, 3.8) is 0 Å². The number of alkyl carbamates (subject to hydrolysis) is 1. The summed E-state index contributed by atoms with van der Waals surface area (Å²) in [6, 6.07) is 0.368. The van der Waals surface area contributed by atoms with Crippen LogP contribution < -0.4 is 5.32 Å². The number of nitrogens with one attached hydrogen (secondary N) is 1. The molecule has 0 fully saturated rings. The molecule has 0 saturated carbocycles. The first-order valence-corrected chi connectivity index (χ1v) is 7.26. The Morgan fingerprint density at radius 1 is 1.53 bits per heavy atom. The molecule has 8 heteroatoms. The summed E-state index contributed by atoms with van der Waals surface area (Å²) < 4.78 is 6.04. The highest BCUT2D eigenvalue weighted by Crippen LogP contribution is 2.35. The summed E-state index contributed by atoms with van der Waals surface area (Å²) in [5, 5.41) is 11.5. The first kappa shape index (κ1) is 16.3. The monoisotopic (exact) mass is 369 g/mol. The van der Waals surface area contributed by atoms with Gasteiger partial charge in [0.1, 0.15) is 9.94 Å². The molecule has 1 rings (SSSR count). The summed E-state index contributed by atoms with van der Waals surface area (Å²) in [5.41, 5.74) is -0.694. The molecule has 5 nitrogen and oxygen atoms in total. The lowest BCUT2D eigenvalue weighted by Gasteiger charge is -2.21. The van der Waals surface area contributed by atoms with Crippen molar-refractivity contribution in [1.82, 2.24) is 5.32 Å². The van der Waals surface area contributed by atoms with E-state index in [-0.39, 0.29) is 0 Å². The number of halogens is 2. The molecular formula is C11H13BrClNO4S. The van der Waals surface area contributed by atoms with Gasteiger partial charge in [0.05, 0.1) is 0 Å². The van der Waals surface area contributed by atoms with Crippen LogP contribution >= 0.6 is 38.9 Å². The summed E-state index contributed by atoms with van der Waals surface area (Å²) in [6.07, 6.45) is -0.791. The Morgan fingerprint density at radius 2 is 2.11 bits per heavy atom. The van der Waals surface area contributed by atoms with Crippen molar-refractivity contribution in [2.75, 3.05) is 0 Å². The third kappa shape index (κ3) is 5.00. The molecule has 0 aliphatic heterocycles. The van der Waals surface area contributed by atoms with Crippen LogP contribution in [-0.4, -0.2) is 22.8 Å². The fraction of sp³-hybridized carbons (Fsp3) is 0.455. The summed E-state index contributed by atoms with van der Waals surface area (Å²) in [7, 11) is 0. The standard InChI is InChI=1S/C11H13BrClNO4S/c1-11(2,3)18-10(17)14-7(9(15)16)6-4-5(12)8(13)19-6/h4,7H,1-3H3,(H,14,17)(H,15,16). The van der Waals surface area contributed by atoms with Gasteiger partial charge in [0.25, 0.3) is 0 Å². The molecule has 1 unspecified atom stereocenters. The van der Waals surface area contributed by atoms with Crippen molar-refractivity contribution >= 4 is 50.9 Å². The van der Waals surface area contributed by atoms with Crippen LogP contribution in [0.1, 0.15) is 31.7 Å². The number of carbonyl (C=O) groups is 2. The number of aliphatic carboxylic acids is 1. The maximum atomic E-state index is 11.6. The fourth-order valence-electron chi connectivity index (χ4n) is 1.19. The van der Waals surface area contributed by atoms with E-state index < -0.39 is 23.7 Å². The van der Waals surface area contributed by atoms with E-state index >= 15 is 0 Å². The minimum Gasteiger partial charge on any atom is -0.479 e. The lowest BCUT2D eigenvalue weighted by molar-refractivity contribution is -0.139. The average molecular weight is 371 g/mol. The molecule has 106 valence electrons. The molecule has 0 aliphatic rings. The summed E-state index contributed by atoms with van der Waals surface area (Å²) in [4.78, 5) is 23.2. The van der Waals surface area contributed by atoms with E-state index in [4.69, 9.17) is 21.4 Å². The average Bonchev–Trinajstić information content (AvgIpc) is 2.52. The molecule has 0 aromatic carbocycles. The third-order valence-corrected chi connectivity index (χ3v) is 4.40. The predicted molar refractivity (Wildman–Crippen MR) is 76.8 cm³/mol. The molecular weight excluding hydrogens is 358 g/mol. The number of thiophene rings is 1. The number of carboxylic acids is 1. The molecule has 1 heterocycles. The van der Waals surface area contributed by atoms with Gasteiger partial charge in [-0.3, -0.25) is 0 Å². The van der Waals surface area contributed by atoms with Crippen LogP contribution in [0.4, 0.5) is 4.79 Å². The van der Waals surface area contributed by atoms with E-state index in [1.807, 2.05) is 0 Å². The molecule has 0 bridgehead atoms. The first-order chi connectivity index (χ1) is 8.60. The Labute approximate surface area is 128 Å². The van der Waals surface area contributed by atoms with Crippen LogP contribution in [0.3, 0.4) is 0 Å². The predicted octanol–water partition coefficient (Wildman–Crippen LogP) is 3.81. The van der Waals surface area contributed by atoms with Crippen molar-refractivity contribution in [2.24, 2.45) is 0 Å². The zero-order valence-corrected chi connectivity index (χ0v) is 13.6. The zero-order valence-electron chi connectivity index (χ0n) is 10.5. The van der Waals surface area contributed by atoms with Gasteiger partial charge in [-0.1, -0.05) is 11.6 Å². The van der Waals surface area contributed by atoms with Crippen LogP contribution in [0.5, 0.6) is 0 Å². The van der Waals surface area contributed by atoms with E-state index in [2.05, 4.69) is 21.2 Å². The molecule has 0 aliphatic carbocycles. The van der Waals surface area contributed by atoms with Crippen LogP contribution in [0.2, 0.25) is 4.34 Å². The van der Waals surface area contributed by atoms with Gasteiger partial charge in [0.2, 0.25) is 0 Å². The Kier molecular flexibility index (Phi) is 5.23. The van der Waals surface area contributed by atoms with Crippen molar-refractivity contribution in [2.45, 2.75) is 32.4 Å². The van der Waals surface area contributed by atoms with Crippen LogP contribution in [0, 0.1) is 0 Å². The van der Waals surface area contributed by atoms with Gasteiger partial charge in [-0.05, 0) is 42.8 Å². The second-order valence-electron chi connectivity index (χ2n) is 4.69. The van der Waals surface area contributed by atoms with Crippen LogP contribution in [0.25, 0.3) is 0 Å². The van der Waals surface area contributed by atoms with Crippen molar-refractivity contribution in [1.29, 1.82) is 0 Å². The zero-order chi connectivity index (χ0) is 14.8. The number of amides is 1. The van der Waals surface area contributed by atoms with Crippen LogP contribution in [-0.2, 0) is 9.53 Å².